The van der Waals surface area contributed by atoms with Crippen LogP contribution in [0.3, 0.4) is 0 Å². The fraction of sp³-hybridized carbons (Fsp3) is 0.133. The minimum absolute atomic E-state index is 0.184. The van der Waals surface area contributed by atoms with E-state index in [1.165, 1.54) is 0 Å². The van der Waals surface area contributed by atoms with Gasteiger partial charge in [0.2, 0.25) is 0 Å². The zero-order valence-corrected chi connectivity index (χ0v) is 12.8. The first-order chi connectivity index (χ1) is 10.0. The Morgan fingerprint density at radius 1 is 1.19 bits per heavy atom. The molecule has 0 radical (unpaired) electrons. The zero-order chi connectivity index (χ0) is 15.4. The summed E-state index contributed by atoms with van der Waals surface area (Å²) >= 11 is 11.9. The van der Waals surface area contributed by atoms with Crippen LogP contribution in [0.15, 0.2) is 36.4 Å². The number of carbonyl (C=O) groups excluding carboxylic acids is 1. The second-order valence-corrected chi connectivity index (χ2v) is 5.13. The van der Waals surface area contributed by atoms with Crippen molar-refractivity contribution in [1.29, 1.82) is 0 Å². The van der Waals surface area contributed by atoms with Crippen molar-refractivity contribution in [1.82, 2.24) is 5.32 Å². The molecular weight excluding hydrogens is 311 g/mol. The average molecular weight is 325 g/mol. The summed E-state index contributed by atoms with van der Waals surface area (Å²) in [5.41, 5.74) is 6.72. The molecule has 21 heavy (non-hydrogen) atoms. The van der Waals surface area contributed by atoms with Crippen molar-refractivity contribution in [3.63, 3.8) is 0 Å². The Kier molecular flexibility index (Phi) is 4.94. The van der Waals surface area contributed by atoms with Gasteiger partial charge in [-0.25, -0.2) is 0 Å². The number of rotatable bonds is 4. The van der Waals surface area contributed by atoms with E-state index in [0.717, 1.165) is 0 Å². The third-order valence-corrected chi connectivity index (χ3v) is 3.27. The fourth-order valence-corrected chi connectivity index (χ4v) is 2.04. The summed E-state index contributed by atoms with van der Waals surface area (Å²) in [5.74, 6) is 0.630. The lowest BCUT2D eigenvalue weighted by atomic mass is 10.1. The molecule has 110 valence electrons. The highest BCUT2D eigenvalue weighted by Crippen LogP contribution is 2.34. The van der Waals surface area contributed by atoms with Gasteiger partial charge in [0.1, 0.15) is 11.5 Å². The molecule has 0 saturated carbocycles. The molecule has 2 rings (SSSR count). The number of anilines is 1. The Bertz CT molecular complexity index is 675. The SMILES string of the molecule is CCNC(=O)c1ccc(Oc2cc(Cl)ccc2Cl)c(N)c1. The molecular formula is C15H14Cl2N2O2. The maximum absolute atomic E-state index is 11.7. The second-order valence-electron chi connectivity index (χ2n) is 4.29. The summed E-state index contributed by atoms with van der Waals surface area (Å²) in [4.78, 5) is 11.7. The number of amides is 1. The van der Waals surface area contributed by atoms with Crippen molar-refractivity contribution in [3.8, 4) is 11.5 Å². The predicted octanol–water partition coefficient (Wildman–Crippen LogP) is 4.12. The fourth-order valence-electron chi connectivity index (χ4n) is 1.72. The van der Waals surface area contributed by atoms with Crippen LogP contribution < -0.4 is 15.8 Å². The Hall–Kier alpha value is -1.91. The first-order valence-electron chi connectivity index (χ1n) is 6.32. The topological polar surface area (TPSA) is 64.3 Å². The van der Waals surface area contributed by atoms with Gasteiger partial charge < -0.3 is 15.8 Å². The van der Waals surface area contributed by atoms with E-state index in [2.05, 4.69) is 5.32 Å². The maximum atomic E-state index is 11.7. The van der Waals surface area contributed by atoms with E-state index in [9.17, 15) is 4.79 Å². The van der Waals surface area contributed by atoms with Crippen molar-refractivity contribution in [2.75, 3.05) is 12.3 Å². The first kappa shape index (κ1) is 15.5. The summed E-state index contributed by atoms with van der Waals surface area (Å²) in [5, 5.41) is 3.63. The van der Waals surface area contributed by atoms with Gasteiger partial charge in [-0.15, -0.1) is 0 Å². The van der Waals surface area contributed by atoms with Crippen LogP contribution in [0, 0.1) is 0 Å². The third-order valence-electron chi connectivity index (χ3n) is 2.72. The quantitative estimate of drug-likeness (QED) is 0.831. The number of nitrogens with two attached hydrogens (primary N) is 1. The van der Waals surface area contributed by atoms with Gasteiger partial charge in [-0.1, -0.05) is 23.2 Å². The van der Waals surface area contributed by atoms with E-state index < -0.39 is 0 Å². The molecule has 0 aliphatic rings. The summed E-state index contributed by atoms with van der Waals surface area (Å²) in [6.45, 7) is 2.40. The molecule has 0 heterocycles. The molecule has 0 bridgehead atoms. The number of hydrogen-bond donors (Lipinski definition) is 2. The molecule has 0 saturated heterocycles. The molecule has 0 aromatic heterocycles. The van der Waals surface area contributed by atoms with Crippen LogP contribution in [0.1, 0.15) is 17.3 Å². The second kappa shape index (κ2) is 6.70. The van der Waals surface area contributed by atoms with E-state index >= 15 is 0 Å². The van der Waals surface area contributed by atoms with Gasteiger partial charge in [-0.3, -0.25) is 4.79 Å². The first-order valence-corrected chi connectivity index (χ1v) is 7.07. The van der Waals surface area contributed by atoms with Crippen LogP contribution in [-0.2, 0) is 0 Å². The zero-order valence-electron chi connectivity index (χ0n) is 11.3. The molecule has 0 aliphatic heterocycles. The summed E-state index contributed by atoms with van der Waals surface area (Å²) < 4.78 is 5.64. The molecule has 2 aromatic carbocycles. The molecule has 0 spiro atoms. The smallest absolute Gasteiger partial charge is 0.251 e. The van der Waals surface area contributed by atoms with Gasteiger partial charge in [-0.2, -0.15) is 0 Å². The van der Waals surface area contributed by atoms with E-state index in [1.807, 2.05) is 6.92 Å². The van der Waals surface area contributed by atoms with Gasteiger partial charge in [0.15, 0.2) is 0 Å². The molecule has 0 atom stereocenters. The van der Waals surface area contributed by atoms with E-state index in [-0.39, 0.29) is 5.91 Å². The van der Waals surface area contributed by atoms with Crippen LogP contribution in [0.5, 0.6) is 11.5 Å². The van der Waals surface area contributed by atoms with Crippen LogP contribution in [0.25, 0.3) is 0 Å². The lowest BCUT2D eigenvalue weighted by Gasteiger charge is -2.11. The van der Waals surface area contributed by atoms with Gasteiger partial charge in [0.25, 0.3) is 5.91 Å². The number of nitrogen functional groups attached to an aromatic ring is 1. The molecule has 6 heteroatoms. The lowest BCUT2D eigenvalue weighted by molar-refractivity contribution is 0.0956. The van der Waals surface area contributed by atoms with Crippen LogP contribution in [0.2, 0.25) is 10.0 Å². The third kappa shape index (κ3) is 3.80. The minimum Gasteiger partial charge on any atom is -0.454 e. The number of carbonyl (C=O) groups is 1. The van der Waals surface area contributed by atoms with Crippen molar-refractivity contribution in [3.05, 3.63) is 52.0 Å². The van der Waals surface area contributed by atoms with Gasteiger partial charge >= 0.3 is 0 Å². The highest BCUT2D eigenvalue weighted by Gasteiger charge is 2.10. The Labute approximate surface area is 132 Å². The average Bonchev–Trinajstić information content (AvgIpc) is 2.45. The van der Waals surface area contributed by atoms with E-state index in [1.54, 1.807) is 36.4 Å². The molecule has 1 amide bonds. The van der Waals surface area contributed by atoms with Crippen LogP contribution >= 0.6 is 23.2 Å². The number of hydrogen-bond acceptors (Lipinski definition) is 3. The largest absolute Gasteiger partial charge is 0.454 e. The molecule has 0 aliphatic carbocycles. The van der Waals surface area contributed by atoms with Crippen molar-refractivity contribution >= 4 is 34.8 Å². The normalized spacial score (nSPS) is 10.2. The van der Waals surface area contributed by atoms with Gasteiger partial charge in [0.05, 0.1) is 10.7 Å². The van der Waals surface area contributed by atoms with E-state index in [4.69, 9.17) is 33.7 Å². The molecule has 3 N–H and O–H groups in total. The molecule has 2 aromatic rings. The Morgan fingerprint density at radius 2 is 1.95 bits per heavy atom. The molecule has 4 nitrogen and oxygen atoms in total. The van der Waals surface area contributed by atoms with Crippen molar-refractivity contribution in [2.24, 2.45) is 0 Å². The maximum Gasteiger partial charge on any atom is 0.251 e. The Morgan fingerprint density at radius 3 is 2.62 bits per heavy atom. The van der Waals surface area contributed by atoms with Crippen molar-refractivity contribution in [2.45, 2.75) is 6.92 Å². The molecule has 0 fully saturated rings. The predicted molar refractivity (Wildman–Crippen MR) is 85.4 cm³/mol. The van der Waals surface area contributed by atoms with E-state index in [0.29, 0.717) is 39.3 Å². The van der Waals surface area contributed by atoms with Crippen LogP contribution in [-0.4, -0.2) is 12.5 Å². The summed E-state index contributed by atoms with van der Waals surface area (Å²) in [6.07, 6.45) is 0. The Balaban J connectivity index is 2.25. The summed E-state index contributed by atoms with van der Waals surface area (Å²) in [6, 6.07) is 9.71. The number of benzene rings is 2. The number of ether oxygens (including phenoxy) is 1. The monoisotopic (exact) mass is 324 g/mol. The molecule has 0 unspecified atom stereocenters. The number of halogens is 2. The van der Waals surface area contributed by atoms with Crippen molar-refractivity contribution < 1.29 is 9.53 Å². The number of nitrogens with one attached hydrogen (secondary N) is 1. The summed E-state index contributed by atoms with van der Waals surface area (Å²) in [7, 11) is 0. The standard InChI is InChI=1S/C15H14Cl2N2O2/c1-2-19-15(20)9-3-6-13(12(18)7-9)21-14-8-10(16)4-5-11(14)17/h3-8H,2,18H2,1H3,(H,19,20). The van der Waals surface area contributed by atoms with Gasteiger partial charge in [-0.05, 0) is 37.3 Å². The highest BCUT2D eigenvalue weighted by atomic mass is 35.5. The van der Waals surface area contributed by atoms with Gasteiger partial charge in [0, 0.05) is 23.2 Å². The van der Waals surface area contributed by atoms with Crippen LogP contribution in [0.4, 0.5) is 5.69 Å². The minimum atomic E-state index is -0.184. The lowest BCUT2D eigenvalue weighted by Crippen LogP contribution is -2.22. The highest BCUT2D eigenvalue weighted by molar-refractivity contribution is 6.34.